The van der Waals surface area contributed by atoms with Gasteiger partial charge < -0.3 is 0 Å². The zero-order valence-corrected chi connectivity index (χ0v) is 25.1. The van der Waals surface area contributed by atoms with Crippen molar-refractivity contribution in [2.45, 2.75) is 0 Å². The van der Waals surface area contributed by atoms with Crippen molar-refractivity contribution in [2.75, 3.05) is 0 Å². The second-order valence-electron chi connectivity index (χ2n) is 10.8. The lowest BCUT2D eigenvalue weighted by Gasteiger charge is -2.10. The summed E-state index contributed by atoms with van der Waals surface area (Å²) >= 11 is 3.61. The average molecular weight is 598 g/mol. The normalized spacial score (nSPS) is 11.6. The minimum atomic E-state index is 0.664. The van der Waals surface area contributed by atoms with Crippen molar-refractivity contribution in [1.82, 2.24) is 15.0 Å². The number of hydrogen-bond donors (Lipinski definition) is 0. The van der Waals surface area contributed by atoms with Gasteiger partial charge in [0.25, 0.3) is 0 Å². The minimum Gasteiger partial charge on any atom is -0.208 e. The van der Waals surface area contributed by atoms with Crippen molar-refractivity contribution < 1.29 is 0 Å². The summed E-state index contributed by atoms with van der Waals surface area (Å²) in [6, 6.07) is 49.1. The highest BCUT2D eigenvalue weighted by Gasteiger charge is 2.17. The van der Waals surface area contributed by atoms with Crippen LogP contribution in [0.5, 0.6) is 0 Å². The van der Waals surface area contributed by atoms with E-state index in [4.69, 9.17) is 15.0 Å². The Bertz CT molecular complexity index is 2490. The molecule has 6 aromatic carbocycles. The molecule has 9 rings (SSSR count). The van der Waals surface area contributed by atoms with Gasteiger partial charge in [-0.05, 0) is 35.4 Å². The van der Waals surface area contributed by atoms with Crippen molar-refractivity contribution in [3.63, 3.8) is 0 Å². The summed E-state index contributed by atoms with van der Waals surface area (Å²) in [6.45, 7) is 0. The summed E-state index contributed by atoms with van der Waals surface area (Å²) in [4.78, 5) is 15.3. The van der Waals surface area contributed by atoms with Crippen molar-refractivity contribution in [1.29, 1.82) is 0 Å². The topological polar surface area (TPSA) is 38.7 Å². The maximum Gasteiger partial charge on any atom is 0.164 e. The van der Waals surface area contributed by atoms with Gasteiger partial charge in [-0.2, -0.15) is 0 Å². The molecular weight excluding hydrogens is 575 g/mol. The molecule has 0 bridgehead atoms. The Kier molecular flexibility index (Phi) is 5.86. The number of thiophene rings is 2. The Morgan fingerprint density at radius 1 is 0.341 bits per heavy atom. The molecule has 9 aromatic rings. The third-order valence-electron chi connectivity index (χ3n) is 8.17. The largest absolute Gasteiger partial charge is 0.208 e. The van der Waals surface area contributed by atoms with Crippen molar-refractivity contribution in [3.05, 3.63) is 140 Å². The first-order chi connectivity index (χ1) is 21.8. The Balaban J connectivity index is 1.25. The van der Waals surface area contributed by atoms with E-state index in [1.165, 1.54) is 45.9 Å². The van der Waals surface area contributed by atoms with Gasteiger partial charge in [-0.1, -0.05) is 115 Å². The van der Waals surface area contributed by atoms with Crippen LogP contribution in [-0.4, -0.2) is 15.0 Å². The molecule has 0 saturated carbocycles. The summed E-state index contributed by atoms with van der Waals surface area (Å²) in [6.07, 6.45) is 0. The van der Waals surface area contributed by atoms with Crippen molar-refractivity contribution in [2.24, 2.45) is 0 Å². The van der Waals surface area contributed by atoms with E-state index in [1.54, 1.807) is 22.7 Å². The monoisotopic (exact) mass is 597 g/mol. The van der Waals surface area contributed by atoms with Crippen LogP contribution < -0.4 is 0 Å². The number of nitrogens with zero attached hydrogens (tertiary/aromatic N) is 3. The zero-order valence-electron chi connectivity index (χ0n) is 23.4. The summed E-state index contributed by atoms with van der Waals surface area (Å²) in [7, 11) is 0. The third kappa shape index (κ3) is 4.21. The molecule has 0 aliphatic carbocycles. The molecule has 0 amide bonds. The molecule has 0 fully saturated rings. The molecule has 44 heavy (non-hydrogen) atoms. The van der Waals surface area contributed by atoms with Gasteiger partial charge in [0.05, 0.1) is 0 Å². The van der Waals surface area contributed by atoms with E-state index in [1.807, 2.05) is 6.07 Å². The first-order valence-electron chi connectivity index (χ1n) is 14.5. The van der Waals surface area contributed by atoms with E-state index < -0.39 is 0 Å². The lowest BCUT2D eigenvalue weighted by Crippen LogP contribution is -2.00. The Morgan fingerprint density at radius 3 is 1.70 bits per heavy atom. The van der Waals surface area contributed by atoms with Gasteiger partial charge in [-0.15, -0.1) is 22.7 Å². The Morgan fingerprint density at radius 2 is 0.886 bits per heavy atom. The molecule has 0 saturated heterocycles. The van der Waals surface area contributed by atoms with Crippen LogP contribution in [0.15, 0.2) is 140 Å². The van der Waals surface area contributed by atoms with Crippen LogP contribution in [0, 0.1) is 0 Å². The van der Waals surface area contributed by atoms with E-state index in [9.17, 15) is 0 Å². The molecule has 0 atom stereocenters. The van der Waals surface area contributed by atoms with Crippen LogP contribution in [0.3, 0.4) is 0 Å². The maximum atomic E-state index is 5.15. The summed E-state index contributed by atoms with van der Waals surface area (Å²) in [5.41, 5.74) is 5.31. The van der Waals surface area contributed by atoms with Crippen LogP contribution in [0.1, 0.15) is 0 Å². The Hall–Kier alpha value is -5.23. The van der Waals surface area contributed by atoms with Gasteiger partial charge in [-0.3, -0.25) is 0 Å². The second kappa shape index (κ2) is 10.2. The molecule has 5 heteroatoms. The first kappa shape index (κ1) is 25.3. The smallest absolute Gasteiger partial charge is 0.164 e. The molecule has 0 aliphatic heterocycles. The Labute approximate surface area is 261 Å². The van der Waals surface area contributed by atoms with Crippen LogP contribution >= 0.6 is 22.7 Å². The quantitative estimate of drug-likeness (QED) is 0.203. The van der Waals surface area contributed by atoms with Crippen molar-refractivity contribution >= 4 is 63.0 Å². The molecule has 0 unspecified atom stereocenters. The maximum absolute atomic E-state index is 5.15. The third-order valence-corrected chi connectivity index (χ3v) is 10.4. The fourth-order valence-corrected chi connectivity index (χ4v) is 8.30. The fraction of sp³-hybridized carbons (Fsp3) is 0. The summed E-state index contributed by atoms with van der Waals surface area (Å²) in [5, 5.41) is 4.96. The fourth-order valence-electron chi connectivity index (χ4n) is 6.02. The molecule has 3 heterocycles. The predicted octanol–water partition coefficient (Wildman–Crippen LogP) is 11.3. The molecule has 0 aliphatic rings. The van der Waals surface area contributed by atoms with Gasteiger partial charge in [0.1, 0.15) is 0 Å². The number of aromatic nitrogens is 3. The van der Waals surface area contributed by atoms with Gasteiger partial charge in [0.15, 0.2) is 17.5 Å². The molecule has 0 radical (unpaired) electrons. The van der Waals surface area contributed by atoms with E-state index in [0.29, 0.717) is 17.5 Å². The molecule has 3 aromatic heterocycles. The predicted molar refractivity (Wildman–Crippen MR) is 187 cm³/mol. The SMILES string of the molecule is c1ccc(-c2ccc(-c3nc(-c4ccc5c(c4)sc4ccccc45)nc(-c4cccc5sc6ccccc6c45)n3)cc2)cc1. The average Bonchev–Trinajstić information content (AvgIpc) is 3.66. The van der Waals surface area contributed by atoms with Crippen LogP contribution in [0.2, 0.25) is 0 Å². The van der Waals surface area contributed by atoms with Crippen LogP contribution in [0.25, 0.3) is 85.6 Å². The lowest BCUT2D eigenvalue weighted by molar-refractivity contribution is 1.08. The summed E-state index contributed by atoms with van der Waals surface area (Å²) < 4.78 is 5.00. The number of rotatable bonds is 4. The first-order valence-corrected chi connectivity index (χ1v) is 16.2. The van der Waals surface area contributed by atoms with Gasteiger partial charge >= 0.3 is 0 Å². The lowest BCUT2D eigenvalue weighted by atomic mass is 10.0. The highest BCUT2D eigenvalue weighted by atomic mass is 32.1. The summed E-state index contributed by atoms with van der Waals surface area (Å²) in [5.74, 6) is 2.02. The standard InChI is InChI=1S/C39H23N3S2/c1-2-9-24(10-3-1)25-17-19-26(20-18-25)37-40-38(27-21-22-29-28-11-4-6-14-32(28)44-35(29)23-27)42-39(41-37)31-13-8-16-34-36(31)30-12-5-7-15-33(30)43-34/h1-23H. The van der Waals surface area contributed by atoms with E-state index in [2.05, 4.69) is 133 Å². The minimum absolute atomic E-state index is 0.664. The zero-order chi connectivity index (χ0) is 29.0. The van der Waals surface area contributed by atoms with Gasteiger partial charge in [-0.25, -0.2) is 15.0 Å². The van der Waals surface area contributed by atoms with Crippen molar-refractivity contribution in [3.8, 4) is 45.3 Å². The number of fused-ring (bicyclic) bond motifs is 6. The highest BCUT2D eigenvalue weighted by molar-refractivity contribution is 7.26. The molecule has 206 valence electrons. The van der Waals surface area contributed by atoms with Gasteiger partial charge in [0.2, 0.25) is 0 Å². The van der Waals surface area contributed by atoms with E-state index in [0.717, 1.165) is 22.3 Å². The molecular formula is C39H23N3S2. The van der Waals surface area contributed by atoms with Crippen LogP contribution in [0.4, 0.5) is 0 Å². The van der Waals surface area contributed by atoms with Crippen LogP contribution in [-0.2, 0) is 0 Å². The van der Waals surface area contributed by atoms with E-state index >= 15 is 0 Å². The molecule has 0 N–H and O–H groups in total. The molecule has 0 spiro atoms. The molecule has 3 nitrogen and oxygen atoms in total. The van der Waals surface area contributed by atoms with Gasteiger partial charge in [0, 0.05) is 57.0 Å². The highest BCUT2D eigenvalue weighted by Crippen LogP contribution is 2.40. The second-order valence-corrected chi connectivity index (χ2v) is 13.0. The number of hydrogen-bond acceptors (Lipinski definition) is 5. The number of benzene rings is 6. The van der Waals surface area contributed by atoms with E-state index in [-0.39, 0.29) is 0 Å².